The molecule has 0 aliphatic rings. The van der Waals surface area contributed by atoms with E-state index in [4.69, 9.17) is 27.9 Å². The van der Waals surface area contributed by atoms with Gasteiger partial charge in [0.05, 0.1) is 0 Å². The molecule has 190 valence electrons. The zero-order valence-electron chi connectivity index (χ0n) is 20.2. The summed E-state index contributed by atoms with van der Waals surface area (Å²) in [4.78, 5) is 28.5. The fourth-order valence-electron chi connectivity index (χ4n) is 3.59. The molecule has 0 bridgehead atoms. The van der Waals surface area contributed by atoms with Gasteiger partial charge in [0.1, 0.15) is 17.6 Å². The average molecular weight is 531 g/mol. The van der Waals surface area contributed by atoms with Crippen LogP contribution in [0.2, 0.25) is 10.0 Å². The third-order valence-electron chi connectivity index (χ3n) is 5.80. The number of carbonyl (C=O) groups is 2. The van der Waals surface area contributed by atoms with E-state index in [9.17, 15) is 14.0 Å². The number of hydrogen-bond acceptors (Lipinski definition) is 3. The van der Waals surface area contributed by atoms with Crippen molar-refractivity contribution in [2.75, 3.05) is 6.61 Å². The number of amides is 2. The Kier molecular flexibility index (Phi) is 10.1. The first-order valence-corrected chi connectivity index (χ1v) is 12.5. The highest BCUT2D eigenvalue weighted by Gasteiger charge is 2.31. The van der Waals surface area contributed by atoms with E-state index in [2.05, 4.69) is 5.32 Å². The standard InChI is InChI=1S/C28H29Cl2FN2O3/c1-3-19(2)32-28(35)26(15-20-7-5-4-6-8-20)33(17-21-9-10-22(29)16-25(21)30)27(34)18-36-24-13-11-23(31)12-14-24/h4-14,16,19,26H,3,15,17-18H2,1-2H3,(H,32,35)/t19-,26-/m1/s1. The van der Waals surface area contributed by atoms with E-state index in [1.165, 1.54) is 29.2 Å². The molecule has 36 heavy (non-hydrogen) atoms. The van der Waals surface area contributed by atoms with Crippen molar-refractivity contribution in [3.05, 3.63) is 99.8 Å². The number of halogens is 3. The maximum absolute atomic E-state index is 13.5. The number of rotatable bonds is 11. The van der Waals surface area contributed by atoms with Gasteiger partial charge in [0.25, 0.3) is 5.91 Å². The molecule has 0 unspecified atom stereocenters. The van der Waals surface area contributed by atoms with Crippen molar-refractivity contribution in [3.63, 3.8) is 0 Å². The van der Waals surface area contributed by atoms with E-state index < -0.39 is 17.8 Å². The van der Waals surface area contributed by atoms with Crippen molar-refractivity contribution >= 4 is 35.0 Å². The van der Waals surface area contributed by atoms with Gasteiger partial charge in [0.2, 0.25) is 5.91 Å². The number of hydrogen-bond donors (Lipinski definition) is 1. The predicted molar refractivity (Wildman–Crippen MR) is 141 cm³/mol. The van der Waals surface area contributed by atoms with E-state index in [1.54, 1.807) is 18.2 Å². The SMILES string of the molecule is CC[C@@H](C)NC(=O)[C@@H](Cc1ccccc1)N(Cc1ccc(Cl)cc1Cl)C(=O)COc1ccc(F)cc1. The normalized spacial score (nSPS) is 12.5. The Morgan fingerprint density at radius 1 is 1.03 bits per heavy atom. The van der Waals surface area contributed by atoms with E-state index in [-0.39, 0.29) is 25.1 Å². The maximum Gasteiger partial charge on any atom is 0.261 e. The lowest BCUT2D eigenvalue weighted by atomic mass is 10.0. The molecule has 3 aromatic rings. The summed E-state index contributed by atoms with van der Waals surface area (Å²) in [6, 6.07) is 19.0. The van der Waals surface area contributed by atoms with Crippen molar-refractivity contribution in [3.8, 4) is 5.75 Å². The van der Waals surface area contributed by atoms with Gasteiger partial charge in [-0.25, -0.2) is 4.39 Å². The van der Waals surface area contributed by atoms with Crippen LogP contribution in [0.1, 0.15) is 31.4 Å². The van der Waals surface area contributed by atoms with Gasteiger partial charge >= 0.3 is 0 Å². The second-order valence-electron chi connectivity index (χ2n) is 8.52. The van der Waals surface area contributed by atoms with Crippen LogP contribution >= 0.6 is 23.2 Å². The van der Waals surface area contributed by atoms with E-state index in [0.29, 0.717) is 27.8 Å². The van der Waals surface area contributed by atoms with Crippen LogP contribution in [0.4, 0.5) is 4.39 Å². The molecule has 2 atom stereocenters. The summed E-state index contributed by atoms with van der Waals surface area (Å²) in [5, 5.41) is 3.86. The van der Waals surface area contributed by atoms with Crippen LogP contribution in [0, 0.1) is 5.82 Å². The minimum Gasteiger partial charge on any atom is -0.484 e. The van der Waals surface area contributed by atoms with Gasteiger partial charge in [-0.05, 0) is 60.9 Å². The highest BCUT2D eigenvalue weighted by molar-refractivity contribution is 6.35. The molecule has 8 heteroatoms. The number of ether oxygens (including phenoxy) is 1. The summed E-state index contributed by atoms with van der Waals surface area (Å²) in [5.74, 6) is -0.741. The molecular formula is C28H29Cl2FN2O3. The molecule has 0 heterocycles. The zero-order chi connectivity index (χ0) is 26.1. The van der Waals surface area contributed by atoms with Crippen molar-refractivity contribution < 1.29 is 18.7 Å². The van der Waals surface area contributed by atoms with Crippen molar-refractivity contribution in [2.24, 2.45) is 0 Å². The maximum atomic E-state index is 13.5. The third kappa shape index (κ3) is 7.97. The quantitative estimate of drug-likeness (QED) is 0.327. The highest BCUT2D eigenvalue weighted by atomic mass is 35.5. The second-order valence-corrected chi connectivity index (χ2v) is 9.37. The zero-order valence-corrected chi connectivity index (χ0v) is 21.7. The van der Waals surface area contributed by atoms with Crippen LogP contribution in [0.5, 0.6) is 5.75 Å². The Labute approximate surface area is 221 Å². The van der Waals surface area contributed by atoms with Gasteiger partial charge < -0.3 is 15.0 Å². The predicted octanol–water partition coefficient (Wildman–Crippen LogP) is 6.07. The Hall–Kier alpha value is -3.09. The Morgan fingerprint density at radius 3 is 2.36 bits per heavy atom. The lowest BCUT2D eigenvalue weighted by Gasteiger charge is -2.32. The van der Waals surface area contributed by atoms with Gasteiger partial charge in [0, 0.05) is 29.1 Å². The Morgan fingerprint density at radius 2 is 1.72 bits per heavy atom. The smallest absolute Gasteiger partial charge is 0.261 e. The molecule has 0 aliphatic carbocycles. The van der Waals surface area contributed by atoms with Gasteiger partial charge in [-0.3, -0.25) is 9.59 Å². The average Bonchev–Trinajstić information content (AvgIpc) is 2.87. The number of nitrogens with one attached hydrogen (secondary N) is 1. The van der Waals surface area contributed by atoms with E-state index in [0.717, 1.165) is 12.0 Å². The fraction of sp³-hybridized carbons (Fsp3) is 0.286. The van der Waals surface area contributed by atoms with Crippen LogP contribution in [0.3, 0.4) is 0 Å². The largest absolute Gasteiger partial charge is 0.484 e. The molecule has 3 aromatic carbocycles. The molecule has 0 aliphatic heterocycles. The highest BCUT2D eigenvalue weighted by Crippen LogP contribution is 2.24. The molecule has 0 radical (unpaired) electrons. The first kappa shape index (κ1) is 27.5. The van der Waals surface area contributed by atoms with Gasteiger partial charge in [0.15, 0.2) is 6.61 Å². The molecule has 0 fully saturated rings. The summed E-state index contributed by atoms with van der Waals surface area (Å²) in [5.41, 5.74) is 1.55. The summed E-state index contributed by atoms with van der Waals surface area (Å²) >= 11 is 12.5. The summed E-state index contributed by atoms with van der Waals surface area (Å²) < 4.78 is 18.9. The first-order valence-electron chi connectivity index (χ1n) is 11.7. The van der Waals surface area contributed by atoms with Gasteiger partial charge in [-0.1, -0.05) is 66.5 Å². The number of nitrogens with zero attached hydrogens (tertiary/aromatic N) is 1. The van der Waals surface area contributed by atoms with E-state index in [1.807, 2.05) is 44.2 Å². The van der Waals surface area contributed by atoms with Crippen LogP contribution in [-0.4, -0.2) is 35.4 Å². The van der Waals surface area contributed by atoms with Crippen molar-refractivity contribution in [1.82, 2.24) is 10.2 Å². The van der Waals surface area contributed by atoms with Crippen molar-refractivity contribution in [2.45, 2.75) is 45.3 Å². The summed E-state index contributed by atoms with van der Waals surface area (Å²) in [6.45, 7) is 3.63. The molecule has 0 aromatic heterocycles. The molecule has 0 saturated carbocycles. The molecule has 0 saturated heterocycles. The van der Waals surface area contributed by atoms with E-state index >= 15 is 0 Å². The first-order chi connectivity index (χ1) is 17.3. The molecule has 0 spiro atoms. The second kappa shape index (κ2) is 13.3. The summed E-state index contributed by atoms with van der Waals surface area (Å²) in [6.07, 6.45) is 1.05. The van der Waals surface area contributed by atoms with Crippen LogP contribution in [-0.2, 0) is 22.6 Å². The molecule has 1 N–H and O–H groups in total. The van der Waals surface area contributed by atoms with Gasteiger partial charge in [-0.15, -0.1) is 0 Å². The fourth-order valence-corrected chi connectivity index (χ4v) is 4.06. The third-order valence-corrected chi connectivity index (χ3v) is 6.39. The van der Waals surface area contributed by atoms with Crippen LogP contribution < -0.4 is 10.1 Å². The Balaban J connectivity index is 1.93. The monoisotopic (exact) mass is 530 g/mol. The molecule has 3 rings (SSSR count). The van der Waals surface area contributed by atoms with Crippen LogP contribution in [0.15, 0.2) is 72.8 Å². The summed E-state index contributed by atoms with van der Waals surface area (Å²) in [7, 11) is 0. The Bertz CT molecular complexity index is 1160. The van der Waals surface area contributed by atoms with Crippen molar-refractivity contribution in [1.29, 1.82) is 0 Å². The van der Waals surface area contributed by atoms with Gasteiger partial charge in [-0.2, -0.15) is 0 Å². The molecule has 5 nitrogen and oxygen atoms in total. The lowest BCUT2D eigenvalue weighted by molar-refractivity contribution is -0.143. The molecular weight excluding hydrogens is 502 g/mol. The lowest BCUT2D eigenvalue weighted by Crippen LogP contribution is -2.53. The minimum atomic E-state index is -0.822. The van der Waals surface area contributed by atoms with Crippen LogP contribution in [0.25, 0.3) is 0 Å². The minimum absolute atomic E-state index is 0.0673. The number of benzene rings is 3. The topological polar surface area (TPSA) is 58.6 Å². The molecule has 2 amide bonds. The number of carbonyl (C=O) groups excluding carboxylic acids is 2.